The summed E-state index contributed by atoms with van der Waals surface area (Å²) in [7, 11) is 0. The zero-order valence-electron chi connectivity index (χ0n) is 11.6. The van der Waals surface area contributed by atoms with Gasteiger partial charge in [-0.15, -0.1) is 0 Å². The van der Waals surface area contributed by atoms with E-state index >= 15 is 0 Å². The normalized spacial score (nSPS) is 14.8. The molecule has 1 aliphatic heterocycles. The lowest BCUT2D eigenvalue weighted by Crippen LogP contribution is -2.41. The van der Waals surface area contributed by atoms with Crippen LogP contribution in [0.5, 0.6) is 0 Å². The monoisotopic (exact) mass is 294 g/mol. The SMILES string of the molecule is Nc1cc(NCCC(=O)N2CCOCC2)ccc1[N+](=O)[O-]. The van der Waals surface area contributed by atoms with Crippen LogP contribution in [0.3, 0.4) is 0 Å². The molecule has 0 atom stereocenters. The van der Waals surface area contributed by atoms with E-state index in [9.17, 15) is 14.9 Å². The number of nitrogens with one attached hydrogen (secondary N) is 1. The molecule has 1 amide bonds. The average molecular weight is 294 g/mol. The molecule has 1 aromatic carbocycles. The van der Waals surface area contributed by atoms with Gasteiger partial charge in [0.15, 0.2) is 0 Å². The number of nitrogens with zero attached hydrogens (tertiary/aromatic N) is 2. The van der Waals surface area contributed by atoms with Crippen molar-refractivity contribution < 1.29 is 14.5 Å². The predicted molar refractivity (Wildman–Crippen MR) is 78.0 cm³/mol. The molecule has 1 heterocycles. The lowest BCUT2D eigenvalue weighted by Gasteiger charge is -2.26. The Hall–Kier alpha value is -2.35. The lowest BCUT2D eigenvalue weighted by molar-refractivity contribution is -0.383. The highest BCUT2D eigenvalue weighted by atomic mass is 16.6. The molecule has 2 rings (SSSR count). The van der Waals surface area contributed by atoms with Gasteiger partial charge in [-0.25, -0.2) is 0 Å². The second kappa shape index (κ2) is 6.89. The summed E-state index contributed by atoms with van der Waals surface area (Å²) in [6.45, 7) is 2.87. The van der Waals surface area contributed by atoms with Crippen molar-refractivity contribution in [1.82, 2.24) is 4.90 Å². The van der Waals surface area contributed by atoms with Crippen molar-refractivity contribution in [3.05, 3.63) is 28.3 Å². The van der Waals surface area contributed by atoms with E-state index in [4.69, 9.17) is 10.5 Å². The number of morpholine rings is 1. The van der Waals surface area contributed by atoms with Crippen molar-refractivity contribution >= 4 is 23.0 Å². The Kier molecular flexibility index (Phi) is 4.94. The molecule has 3 N–H and O–H groups in total. The predicted octanol–water partition coefficient (Wildman–Crippen LogP) is 0.838. The van der Waals surface area contributed by atoms with E-state index in [1.54, 1.807) is 11.0 Å². The minimum absolute atomic E-state index is 0.0701. The number of nitrogens with two attached hydrogens (primary N) is 1. The summed E-state index contributed by atoms with van der Waals surface area (Å²) >= 11 is 0. The largest absolute Gasteiger partial charge is 0.393 e. The van der Waals surface area contributed by atoms with Crippen molar-refractivity contribution in [3.8, 4) is 0 Å². The molecule has 0 aliphatic carbocycles. The molecule has 0 aromatic heterocycles. The smallest absolute Gasteiger partial charge is 0.292 e. The molecule has 0 radical (unpaired) electrons. The molecular formula is C13H18N4O4. The van der Waals surface area contributed by atoms with Crippen LogP contribution in [0.2, 0.25) is 0 Å². The second-order valence-corrected chi connectivity index (χ2v) is 4.70. The molecule has 1 fully saturated rings. The van der Waals surface area contributed by atoms with Crippen LogP contribution in [-0.4, -0.2) is 48.6 Å². The number of hydrogen-bond acceptors (Lipinski definition) is 6. The molecule has 0 bridgehead atoms. The molecule has 1 aromatic rings. The van der Waals surface area contributed by atoms with Crippen molar-refractivity contribution in [3.63, 3.8) is 0 Å². The summed E-state index contributed by atoms with van der Waals surface area (Å²) in [6.07, 6.45) is 0.358. The maximum absolute atomic E-state index is 11.9. The minimum atomic E-state index is -0.527. The number of amides is 1. The second-order valence-electron chi connectivity index (χ2n) is 4.70. The Morgan fingerprint density at radius 3 is 2.76 bits per heavy atom. The van der Waals surface area contributed by atoms with Gasteiger partial charge in [0, 0.05) is 37.8 Å². The fraction of sp³-hybridized carbons (Fsp3) is 0.462. The third-order valence-corrected chi connectivity index (χ3v) is 3.26. The van der Waals surface area contributed by atoms with E-state index in [-0.39, 0.29) is 17.3 Å². The van der Waals surface area contributed by atoms with Crippen molar-refractivity contribution in [2.75, 3.05) is 43.9 Å². The van der Waals surface area contributed by atoms with Crippen molar-refractivity contribution in [1.29, 1.82) is 0 Å². The molecular weight excluding hydrogens is 276 g/mol. The van der Waals surface area contributed by atoms with Crippen LogP contribution < -0.4 is 11.1 Å². The molecule has 8 nitrogen and oxygen atoms in total. The first-order valence-electron chi connectivity index (χ1n) is 6.71. The Labute approximate surface area is 122 Å². The Bertz CT molecular complexity index is 529. The number of ether oxygens (including phenoxy) is 1. The third-order valence-electron chi connectivity index (χ3n) is 3.26. The molecule has 114 valence electrons. The molecule has 0 spiro atoms. The third kappa shape index (κ3) is 4.06. The summed E-state index contributed by atoms with van der Waals surface area (Å²) in [5.41, 5.74) is 6.24. The first-order valence-corrected chi connectivity index (χ1v) is 6.71. The Morgan fingerprint density at radius 2 is 2.14 bits per heavy atom. The van der Waals surface area contributed by atoms with Gasteiger partial charge in [-0.2, -0.15) is 0 Å². The number of benzene rings is 1. The molecule has 21 heavy (non-hydrogen) atoms. The number of anilines is 2. The van der Waals surface area contributed by atoms with Crippen LogP contribution in [0.1, 0.15) is 6.42 Å². The van der Waals surface area contributed by atoms with E-state index in [1.807, 2.05) is 0 Å². The fourth-order valence-electron chi connectivity index (χ4n) is 2.12. The molecule has 1 saturated heterocycles. The van der Waals surface area contributed by atoms with Gasteiger partial charge in [0.25, 0.3) is 5.69 Å². The van der Waals surface area contributed by atoms with Crippen LogP contribution >= 0.6 is 0 Å². The molecule has 1 aliphatic rings. The zero-order valence-corrected chi connectivity index (χ0v) is 11.6. The number of nitro benzene ring substituents is 1. The van der Waals surface area contributed by atoms with Crippen LogP contribution in [0.15, 0.2) is 18.2 Å². The van der Waals surface area contributed by atoms with E-state index < -0.39 is 4.92 Å². The van der Waals surface area contributed by atoms with Crippen LogP contribution in [-0.2, 0) is 9.53 Å². The first-order chi connectivity index (χ1) is 10.1. The van der Waals surface area contributed by atoms with Crippen molar-refractivity contribution in [2.45, 2.75) is 6.42 Å². The summed E-state index contributed by atoms with van der Waals surface area (Å²) < 4.78 is 5.19. The van der Waals surface area contributed by atoms with Crippen LogP contribution in [0.25, 0.3) is 0 Å². The maximum Gasteiger partial charge on any atom is 0.292 e. The van der Waals surface area contributed by atoms with Gasteiger partial charge in [-0.1, -0.05) is 0 Å². The highest BCUT2D eigenvalue weighted by Gasteiger charge is 2.16. The average Bonchev–Trinajstić information content (AvgIpc) is 2.47. The minimum Gasteiger partial charge on any atom is -0.393 e. The zero-order chi connectivity index (χ0) is 15.2. The summed E-state index contributed by atoms with van der Waals surface area (Å²) in [6, 6.07) is 4.42. The first kappa shape index (κ1) is 15.0. The summed E-state index contributed by atoms with van der Waals surface area (Å²) in [5.74, 6) is 0.0701. The molecule has 0 unspecified atom stereocenters. The van der Waals surface area contributed by atoms with E-state index in [0.717, 1.165) is 0 Å². The Morgan fingerprint density at radius 1 is 1.43 bits per heavy atom. The van der Waals surface area contributed by atoms with Crippen molar-refractivity contribution in [2.24, 2.45) is 0 Å². The van der Waals surface area contributed by atoms with E-state index in [1.165, 1.54) is 12.1 Å². The number of nitrogen functional groups attached to an aromatic ring is 1. The van der Waals surface area contributed by atoms with Gasteiger partial charge in [0.2, 0.25) is 5.91 Å². The highest BCUT2D eigenvalue weighted by Crippen LogP contribution is 2.24. The maximum atomic E-state index is 11.9. The highest BCUT2D eigenvalue weighted by molar-refractivity contribution is 5.77. The molecule has 8 heteroatoms. The number of hydrogen-bond donors (Lipinski definition) is 2. The lowest BCUT2D eigenvalue weighted by atomic mass is 10.2. The van der Waals surface area contributed by atoms with E-state index in [2.05, 4.69) is 5.32 Å². The number of carbonyl (C=O) groups is 1. The van der Waals surface area contributed by atoms with Crippen LogP contribution in [0, 0.1) is 10.1 Å². The number of nitro groups is 1. The number of rotatable bonds is 5. The summed E-state index contributed by atoms with van der Waals surface area (Å²) in [5, 5.41) is 13.7. The standard InChI is InChI=1S/C13H18N4O4/c14-11-9-10(1-2-12(11)17(19)20)15-4-3-13(18)16-5-7-21-8-6-16/h1-2,9,15H,3-8,14H2. The fourth-order valence-corrected chi connectivity index (χ4v) is 2.12. The molecule has 0 saturated carbocycles. The van der Waals surface area contributed by atoms with Gasteiger partial charge < -0.3 is 20.7 Å². The number of carbonyl (C=O) groups excluding carboxylic acids is 1. The van der Waals surface area contributed by atoms with Gasteiger partial charge in [0.1, 0.15) is 5.69 Å². The van der Waals surface area contributed by atoms with Gasteiger partial charge in [0.05, 0.1) is 18.1 Å². The Balaban J connectivity index is 1.81. The van der Waals surface area contributed by atoms with E-state index in [0.29, 0.717) is 45.0 Å². The van der Waals surface area contributed by atoms with Gasteiger partial charge in [-0.3, -0.25) is 14.9 Å². The topological polar surface area (TPSA) is 111 Å². The summed E-state index contributed by atoms with van der Waals surface area (Å²) in [4.78, 5) is 23.8. The van der Waals surface area contributed by atoms with Crippen LogP contribution in [0.4, 0.5) is 17.1 Å². The quantitative estimate of drug-likeness (QED) is 0.473. The van der Waals surface area contributed by atoms with Gasteiger partial charge in [-0.05, 0) is 12.1 Å². The van der Waals surface area contributed by atoms with Gasteiger partial charge >= 0.3 is 0 Å².